The van der Waals surface area contributed by atoms with Crippen LogP contribution in [0, 0.1) is 28.1 Å². The zero-order valence-corrected chi connectivity index (χ0v) is 12.4. The molecule has 1 aliphatic heterocycles. The summed E-state index contributed by atoms with van der Waals surface area (Å²) in [6, 6.07) is 13.7. The molecule has 0 aliphatic carbocycles. The molecule has 0 saturated heterocycles. The predicted octanol–water partition coefficient (Wildman–Crippen LogP) is 1.36. The SMILES string of the molecule is CC1=CC(=NCCN)NC(Nc2ccccc2)C1(C#N)C#N. The average molecular weight is 294 g/mol. The first-order valence-corrected chi connectivity index (χ1v) is 7.00. The van der Waals surface area contributed by atoms with Crippen LogP contribution in [0.3, 0.4) is 0 Å². The number of nitrogens with two attached hydrogens (primary N) is 1. The Hall–Kier alpha value is -2.83. The molecule has 1 aromatic carbocycles. The second-order valence-electron chi connectivity index (χ2n) is 5.00. The first kappa shape index (κ1) is 15.6. The Balaban J connectivity index is 2.38. The molecule has 6 nitrogen and oxygen atoms in total. The molecule has 1 unspecified atom stereocenters. The zero-order chi connectivity index (χ0) is 16.0. The number of nitrogens with zero attached hydrogens (tertiary/aromatic N) is 3. The Morgan fingerprint density at radius 3 is 2.59 bits per heavy atom. The fourth-order valence-corrected chi connectivity index (χ4v) is 2.30. The Bertz CT molecular complexity index is 648. The van der Waals surface area contributed by atoms with Crippen molar-refractivity contribution in [3.8, 4) is 12.1 Å². The number of nitrogens with one attached hydrogen (secondary N) is 2. The van der Waals surface area contributed by atoms with E-state index in [0.29, 0.717) is 24.5 Å². The van der Waals surface area contributed by atoms with Crippen LogP contribution in [-0.4, -0.2) is 25.1 Å². The van der Waals surface area contributed by atoms with Crippen molar-refractivity contribution in [1.29, 1.82) is 10.5 Å². The molecule has 0 amide bonds. The van der Waals surface area contributed by atoms with Crippen LogP contribution in [0.15, 0.2) is 47.0 Å². The summed E-state index contributed by atoms with van der Waals surface area (Å²) in [5.74, 6) is 0.623. The van der Waals surface area contributed by atoms with Crippen molar-refractivity contribution in [2.45, 2.75) is 13.1 Å². The molecule has 0 spiro atoms. The van der Waals surface area contributed by atoms with Crippen LogP contribution in [0.5, 0.6) is 0 Å². The summed E-state index contributed by atoms with van der Waals surface area (Å²) < 4.78 is 0. The van der Waals surface area contributed by atoms with Gasteiger partial charge in [-0.25, -0.2) is 0 Å². The van der Waals surface area contributed by atoms with E-state index in [0.717, 1.165) is 5.69 Å². The minimum atomic E-state index is -1.29. The standard InChI is InChI=1S/C16H18N6/c1-12-9-14(20-8-7-17)22-15(16(12,10-18)11-19)21-13-5-3-2-4-6-13/h2-6,9,15,21H,7-8,17H2,1H3,(H,20,22). The van der Waals surface area contributed by atoms with Crippen LogP contribution >= 0.6 is 0 Å². The lowest BCUT2D eigenvalue weighted by atomic mass is 9.78. The van der Waals surface area contributed by atoms with Gasteiger partial charge in [0.1, 0.15) is 12.0 Å². The number of hydrogen-bond acceptors (Lipinski definition) is 5. The van der Waals surface area contributed by atoms with Gasteiger partial charge in [-0.05, 0) is 30.7 Å². The molecule has 2 rings (SSSR count). The molecular formula is C16H18N6. The third-order valence-corrected chi connectivity index (χ3v) is 3.55. The van der Waals surface area contributed by atoms with Crippen molar-refractivity contribution < 1.29 is 0 Å². The van der Waals surface area contributed by atoms with Gasteiger partial charge in [0.25, 0.3) is 0 Å². The van der Waals surface area contributed by atoms with Crippen LogP contribution in [0.2, 0.25) is 0 Å². The van der Waals surface area contributed by atoms with Gasteiger partial charge in [-0.3, -0.25) is 4.99 Å². The third-order valence-electron chi connectivity index (χ3n) is 3.55. The van der Waals surface area contributed by atoms with Crippen LogP contribution in [0.1, 0.15) is 6.92 Å². The lowest BCUT2D eigenvalue weighted by Gasteiger charge is -2.36. The second-order valence-corrected chi connectivity index (χ2v) is 5.00. The van der Waals surface area contributed by atoms with Gasteiger partial charge < -0.3 is 16.4 Å². The third kappa shape index (κ3) is 2.93. The van der Waals surface area contributed by atoms with E-state index in [1.165, 1.54) is 0 Å². The van der Waals surface area contributed by atoms with Crippen LogP contribution in [0.25, 0.3) is 0 Å². The highest BCUT2D eigenvalue weighted by molar-refractivity contribution is 5.96. The molecule has 1 heterocycles. The molecule has 112 valence electrons. The van der Waals surface area contributed by atoms with E-state index in [9.17, 15) is 10.5 Å². The van der Waals surface area contributed by atoms with E-state index in [1.54, 1.807) is 13.0 Å². The normalized spacial score (nSPS) is 21.2. The number of nitriles is 2. The number of aliphatic imine (C=N–C) groups is 1. The summed E-state index contributed by atoms with van der Waals surface area (Å²) in [7, 11) is 0. The maximum Gasteiger partial charge on any atom is 0.202 e. The summed E-state index contributed by atoms with van der Waals surface area (Å²) in [6.45, 7) is 2.69. The van der Waals surface area contributed by atoms with Crippen molar-refractivity contribution in [1.82, 2.24) is 5.32 Å². The molecule has 1 aromatic rings. The second kappa shape index (κ2) is 6.75. The number of rotatable bonds is 4. The van der Waals surface area contributed by atoms with Gasteiger partial charge in [-0.15, -0.1) is 0 Å². The Kier molecular flexibility index (Phi) is 4.77. The van der Waals surface area contributed by atoms with Gasteiger partial charge in [0.15, 0.2) is 0 Å². The summed E-state index contributed by atoms with van der Waals surface area (Å²) in [5, 5.41) is 25.5. The smallest absolute Gasteiger partial charge is 0.202 e. The number of anilines is 1. The van der Waals surface area contributed by atoms with Crippen LogP contribution < -0.4 is 16.4 Å². The highest BCUT2D eigenvalue weighted by Crippen LogP contribution is 2.33. The first-order valence-electron chi connectivity index (χ1n) is 7.00. The average Bonchev–Trinajstić information content (AvgIpc) is 2.54. The van der Waals surface area contributed by atoms with Gasteiger partial charge in [0.2, 0.25) is 5.41 Å². The molecule has 1 atom stereocenters. The summed E-state index contributed by atoms with van der Waals surface area (Å²) in [5.41, 5.74) is 5.65. The van der Waals surface area contributed by atoms with E-state index in [-0.39, 0.29) is 0 Å². The minimum absolute atomic E-state index is 0.441. The highest BCUT2D eigenvalue weighted by atomic mass is 15.2. The Morgan fingerprint density at radius 1 is 1.32 bits per heavy atom. The maximum absolute atomic E-state index is 9.57. The number of benzene rings is 1. The molecular weight excluding hydrogens is 276 g/mol. The fraction of sp³-hybridized carbons (Fsp3) is 0.312. The molecule has 0 fully saturated rings. The van der Waals surface area contributed by atoms with Crippen molar-refractivity contribution >= 4 is 11.5 Å². The molecule has 0 bridgehead atoms. The number of para-hydroxylation sites is 1. The largest absolute Gasteiger partial charge is 0.363 e. The molecule has 22 heavy (non-hydrogen) atoms. The van der Waals surface area contributed by atoms with Crippen LogP contribution in [-0.2, 0) is 0 Å². The van der Waals surface area contributed by atoms with Gasteiger partial charge >= 0.3 is 0 Å². The van der Waals surface area contributed by atoms with Crippen molar-refractivity contribution in [3.63, 3.8) is 0 Å². The lowest BCUT2D eigenvalue weighted by molar-refractivity contribution is 0.464. The number of amidine groups is 1. The quantitative estimate of drug-likeness (QED) is 0.776. The highest BCUT2D eigenvalue weighted by Gasteiger charge is 2.45. The molecule has 4 N–H and O–H groups in total. The fourth-order valence-electron chi connectivity index (χ4n) is 2.30. The predicted molar refractivity (Wildman–Crippen MR) is 85.8 cm³/mol. The molecule has 0 saturated carbocycles. The minimum Gasteiger partial charge on any atom is -0.363 e. The van der Waals surface area contributed by atoms with Crippen molar-refractivity contribution in [3.05, 3.63) is 42.0 Å². The monoisotopic (exact) mass is 294 g/mol. The molecule has 6 heteroatoms. The van der Waals surface area contributed by atoms with E-state index in [4.69, 9.17) is 5.73 Å². The lowest BCUT2D eigenvalue weighted by Crippen LogP contribution is -2.55. The van der Waals surface area contributed by atoms with Gasteiger partial charge in [-0.1, -0.05) is 18.2 Å². The summed E-state index contributed by atoms with van der Waals surface area (Å²) in [6.07, 6.45) is 1.14. The Morgan fingerprint density at radius 2 is 2.00 bits per heavy atom. The first-order chi connectivity index (χ1) is 10.7. The van der Waals surface area contributed by atoms with Crippen molar-refractivity contribution in [2.75, 3.05) is 18.4 Å². The zero-order valence-electron chi connectivity index (χ0n) is 12.4. The number of hydrogen-bond donors (Lipinski definition) is 3. The topological polar surface area (TPSA) is 110 Å². The molecule has 1 aliphatic rings. The van der Waals surface area contributed by atoms with Crippen molar-refractivity contribution in [2.24, 2.45) is 16.1 Å². The van der Waals surface area contributed by atoms with Gasteiger partial charge in [0, 0.05) is 12.2 Å². The van der Waals surface area contributed by atoms with E-state index >= 15 is 0 Å². The van der Waals surface area contributed by atoms with E-state index in [1.807, 2.05) is 30.3 Å². The molecule has 0 radical (unpaired) electrons. The summed E-state index contributed by atoms with van der Waals surface area (Å²) in [4.78, 5) is 4.32. The van der Waals surface area contributed by atoms with Crippen LogP contribution in [0.4, 0.5) is 5.69 Å². The van der Waals surface area contributed by atoms with E-state index < -0.39 is 11.6 Å². The maximum atomic E-state index is 9.57. The van der Waals surface area contributed by atoms with E-state index in [2.05, 4.69) is 27.8 Å². The van der Waals surface area contributed by atoms with Gasteiger partial charge in [0.05, 0.1) is 18.7 Å². The Labute approximate surface area is 130 Å². The van der Waals surface area contributed by atoms with Gasteiger partial charge in [-0.2, -0.15) is 10.5 Å². The molecule has 0 aromatic heterocycles. The summed E-state index contributed by atoms with van der Waals surface area (Å²) >= 11 is 0.